The van der Waals surface area contributed by atoms with Gasteiger partial charge in [0.25, 0.3) is 5.69 Å². The molecule has 5 N–H and O–H groups in total. The van der Waals surface area contributed by atoms with Crippen LogP contribution in [0, 0.1) is 20.9 Å². The quantitative estimate of drug-likeness (QED) is 0.182. The number of piperidine rings is 2. The van der Waals surface area contributed by atoms with E-state index >= 15 is 0 Å². The number of carboxylic acids is 2. The number of nitro benzene ring substituents is 1. The number of rotatable bonds is 10. The molecule has 238 valence electrons. The highest BCUT2D eigenvalue weighted by Gasteiger charge is 2.66. The Labute approximate surface area is 263 Å². The maximum Gasteiger partial charge on any atom is 0.312 e. The van der Waals surface area contributed by atoms with Gasteiger partial charge >= 0.3 is 11.9 Å². The SMILES string of the molecule is CC1N[C@@H](N)C(C)(C(=O)O)C(c2ccccc2[N+](=O)[O-])C1(CCCN1CCC(c2ccccc2)(c2ccccc2)CC1)C(=O)O. The molecular weight excluding hydrogens is 572 g/mol. The summed E-state index contributed by atoms with van der Waals surface area (Å²) in [5, 5.41) is 36.6. The maximum atomic E-state index is 13.4. The van der Waals surface area contributed by atoms with Crippen LogP contribution in [0.5, 0.6) is 0 Å². The number of nitro groups is 1. The minimum Gasteiger partial charge on any atom is -0.481 e. The second-order valence-corrected chi connectivity index (χ2v) is 12.8. The molecule has 2 fully saturated rings. The van der Waals surface area contributed by atoms with Crippen molar-refractivity contribution in [3.63, 3.8) is 0 Å². The molecule has 10 nitrogen and oxygen atoms in total. The van der Waals surface area contributed by atoms with Gasteiger partial charge in [-0.1, -0.05) is 78.9 Å². The molecule has 0 saturated carbocycles. The Balaban J connectivity index is 1.43. The van der Waals surface area contributed by atoms with E-state index in [-0.39, 0.29) is 23.1 Å². The van der Waals surface area contributed by atoms with E-state index in [9.17, 15) is 29.9 Å². The molecule has 3 aromatic carbocycles. The summed E-state index contributed by atoms with van der Waals surface area (Å²) in [6.07, 6.45) is 1.24. The molecule has 45 heavy (non-hydrogen) atoms. The summed E-state index contributed by atoms with van der Waals surface area (Å²) >= 11 is 0. The zero-order chi connectivity index (χ0) is 32.4. The van der Waals surface area contributed by atoms with Crippen LogP contribution in [0.1, 0.15) is 62.1 Å². The van der Waals surface area contributed by atoms with Crippen molar-refractivity contribution in [3.05, 3.63) is 112 Å². The van der Waals surface area contributed by atoms with Crippen molar-refractivity contribution in [1.29, 1.82) is 0 Å². The monoisotopic (exact) mass is 614 g/mol. The van der Waals surface area contributed by atoms with Crippen LogP contribution >= 0.6 is 0 Å². The number of nitrogens with two attached hydrogens (primary N) is 1. The van der Waals surface area contributed by atoms with Crippen LogP contribution in [0.2, 0.25) is 0 Å². The second-order valence-electron chi connectivity index (χ2n) is 12.8. The summed E-state index contributed by atoms with van der Waals surface area (Å²) in [4.78, 5) is 40.2. The molecule has 2 heterocycles. The summed E-state index contributed by atoms with van der Waals surface area (Å²) in [7, 11) is 0. The average molecular weight is 615 g/mol. The number of carbonyl (C=O) groups is 2. The molecule has 4 unspecified atom stereocenters. The highest BCUT2D eigenvalue weighted by molar-refractivity contribution is 5.84. The van der Waals surface area contributed by atoms with Crippen molar-refractivity contribution in [2.45, 2.75) is 63.1 Å². The van der Waals surface area contributed by atoms with E-state index < -0.39 is 45.8 Å². The molecule has 0 radical (unpaired) electrons. The Morgan fingerprint density at radius 1 is 0.933 bits per heavy atom. The van der Waals surface area contributed by atoms with Gasteiger partial charge in [0.15, 0.2) is 0 Å². The van der Waals surface area contributed by atoms with Gasteiger partial charge in [-0.3, -0.25) is 25.0 Å². The smallest absolute Gasteiger partial charge is 0.312 e. The Bertz CT molecular complexity index is 1490. The maximum absolute atomic E-state index is 13.4. The van der Waals surface area contributed by atoms with Crippen LogP contribution in [-0.4, -0.2) is 63.8 Å². The number of aliphatic carboxylic acids is 2. The largest absolute Gasteiger partial charge is 0.481 e. The van der Waals surface area contributed by atoms with Crippen LogP contribution in [-0.2, 0) is 15.0 Å². The van der Waals surface area contributed by atoms with E-state index in [1.54, 1.807) is 13.0 Å². The number of para-hydroxylation sites is 1. The number of benzene rings is 3. The molecule has 2 aliphatic heterocycles. The standard InChI is InChI=1S/C35H42N4O6/c1-24-35(32(42)43,29(33(2,31(40)41)30(36)37-24)27-16-9-10-17-28(27)39(44)45)18-11-21-38-22-19-34(20-23-38,25-12-5-3-6-13-25)26-14-7-4-8-15-26/h3-10,12-17,24,29-30,37H,11,18-23,36H2,1-2H3,(H,40,41)(H,42,43)/t24?,29?,30-,33?,35?/m1/s1. The van der Waals surface area contributed by atoms with Gasteiger partial charge in [0, 0.05) is 29.0 Å². The Morgan fingerprint density at radius 2 is 1.47 bits per heavy atom. The number of carboxylic acid groups (broad SMARTS) is 2. The molecule has 3 aromatic rings. The third-order valence-corrected chi connectivity index (χ3v) is 10.7. The van der Waals surface area contributed by atoms with E-state index in [1.807, 2.05) is 12.1 Å². The van der Waals surface area contributed by atoms with Crippen molar-refractivity contribution in [2.75, 3.05) is 19.6 Å². The van der Waals surface area contributed by atoms with Gasteiger partial charge in [0.2, 0.25) is 0 Å². The fourth-order valence-electron chi connectivity index (χ4n) is 8.10. The number of nitrogens with one attached hydrogen (secondary N) is 1. The minimum atomic E-state index is -1.84. The lowest BCUT2D eigenvalue weighted by Gasteiger charge is -2.55. The van der Waals surface area contributed by atoms with Crippen molar-refractivity contribution >= 4 is 17.6 Å². The summed E-state index contributed by atoms with van der Waals surface area (Å²) in [6.45, 7) is 5.31. The average Bonchev–Trinajstić information content (AvgIpc) is 3.04. The highest BCUT2D eigenvalue weighted by atomic mass is 16.6. The van der Waals surface area contributed by atoms with Gasteiger partial charge in [-0.15, -0.1) is 0 Å². The van der Waals surface area contributed by atoms with Crippen LogP contribution in [0.4, 0.5) is 5.69 Å². The molecular formula is C35H42N4O6. The summed E-state index contributed by atoms with van der Waals surface area (Å²) < 4.78 is 0. The third-order valence-electron chi connectivity index (χ3n) is 10.7. The second kappa shape index (κ2) is 12.7. The van der Waals surface area contributed by atoms with Gasteiger partial charge < -0.3 is 20.8 Å². The predicted octanol–water partition coefficient (Wildman–Crippen LogP) is 4.98. The molecule has 5 atom stereocenters. The summed E-state index contributed by atoms with van der Waals surface area (Å²) in [5.41, 5.74) is 5.06. The molecule has 2 aliphatic rings. The molecule has 0 bridgehead atoms. The van der Waals surface area contributed by atoms with E-state index in [0.717, 1.165) is 25.9 Å². The lowest BCUT2D eigenvalue weighted by Crippen LogP contribution is -2.72. The first-order chi connectivity index (χ1) is 21.5. The number of nitrogens with zero attached hydrogens (tertiary/aromatic N) is 2. The van der Waals surface area contributed by atoms with Crippen LogP contribution in [0.25, 0.3) is 0 Å². The van der Waals surface area contributed by atoms with Gasteiger partial charge in [0.1, 0.15) is 5.41 Å². The van der Waals surface area contributed by atoms with E-state index in [0.29, 0.717) is 13.0 Å². The lowest BCUT2D eigenvalue weighted by molar-refractivity contribution is -0.386. The van der Waals surface area contributed by atoms with Crippen LogP contribution < -0.4 is 11.1 Å². The first-order valence-electron chi connectivity index (χ1n) is 15.5. The number of hydrogen-bond acceptors (Lipinski definition) is 7. The van der Waals surface area contributed by atoms with Gasteiger partial charge in [-0.2, -0.15) is 0 Å². The fraction of sp³-hybridized carbons (Fsp3) is 0.429. The number of hydrogen-bond donors (Lipinski definition) is 4. The predicted molar refractivity (Wildman–Crippen MR) is 171 cm³/mol. The van der Waals surface area contributed by atoms with Crippen molar-refractivity contribution in [3.8, 4) is 0 Å². The van der Waals surface area contributed by atoms with Crippen LogP contribution in [0.15, 0.2) is 84.9 Å². The van der Waals surface area contributed by atoms with Gasteiger partial charge in [0.05, 0.1) is 16.5 Å². The molecule has 10 heteroatoms. The lowest BCUT2D eigenvalue weighted by atomic mass is 9.52. The molecule has 0 amide bonds. The molecule has 0 aliphatic carbocycles. The van der Waals surface area contributed by atoms with E-state index in [2.05, 4.69) is 58.7 Å². The van der Waals surface area contributed by atoms with Crippen LogP contribution in [0.3, 0.4) is 0 Å². The van der Waals surface area contributed by atoms with E-state index in [4.69, 9.17) is 5.73 Å². The molecule has 2 saturated heterocycles. The van der Waals surface area contributed by atoms with E-state index in [1.165, 1.54) is 36.2 Å². The Morgan fingerprint density at radius 3 is 1.98 bits per heavy atom. The minimum absolute atomic E-state index is 0.0760. The molecule has 5 rings (SSSR count). The Hall–Kier alpha value is -4.12. The fourth-order valence-corrected chi connectivity index (χ4v) is 8.10. The van der Waals surface area contributed by atoms with Crippen molar-refractivity contribution in [2.24, 2.45) is 16.6 Å². The summed E-state index contributed by atoms with van der Waals surface area (Å²) in [6, 6.07) is 26.2. The van der Waals surface area contributed by atoms with Gasteiger partial charge in [-0.25, -0.2) is 0 Å². The third kappa shape index (κ3) is 5.51. The zero-order valence-corrected chi connectivity index (χ0v) is 25.8. The summed E-state index contributed by atoms with van der Waals surface area (Å²) in [5.74, 6) is -3.77. The topological polar surface area (TPSA) is 159 Å². The highest BCUT2D eigenvalue weighted by Crippen LogP contribution is 2.58. The first-order valence-corrected chi connectivity index (χ1v) is 15.5. The van der Waals surface area contributed by atoms with Gasteiger partial charge in [-0.05, 0) is 70.3 Å². The zero-order valence-electron chi connectivity index (χ0n) is 25.8. The van der Waals surface area contributed by atoms with Crippen molar-refractivity contribution < 1.29 is 24.7 Å². The van der Waals surface area contributed by atoms with Crippen molar-refractivity contribution in [1.82, 2.24) is 10.2 Å². The Kier molecular flexibility index (Phi) is 9.11. The molecule has 0 spiro atoms. The first kappa shape index (κ1) is 32.3. The normalized spacial score (nSPS) is 28.3. The number of likely N-dealkylation sites (tertiary alicyclic amines) is 1. The molecule has 0 aromatic heterocycles.